The molecule has 2 heterocycles. The highest BCUT2D eigenvalue weighted by molar-refractivity contribution is 9.10. The first kappa shape index (κ1) is 44.4. The number of anilines is 1. The summed E-state index contributed by atoms with van der Waals surface area (Å²) in [7, 11) is 0. The number of rotatable bonds is 8. The van der Waals surface area contributed by atoms with Gasteiger partial charge in [0.1, 0.15) is 0 Å². The molecular weight excluding hydrogens is 903 g/mol. The Hall–Kier alpha value is -8.44. The van der Waals surface area contributed by atoms with Crippen LogP contribution < -0.4 is 5.73 Å². The maximum Gasteiger partial charge on any atom is 0.0561 e. The van der Waals surface area contributed by atoms with Crippen LogP contribution in [0.1, 0.15) is 11.1 Å². The molecule has 332 valence electrons. The zero-order valence-corrected chi connectivity index (χ0v) is 39.7. The molecule has 0 aliphatic carbocycles. The number of benzene rings is 10. The Morgan fingerprint density at radius 1 is 0.319 bits per heavy atom. The maximum atomic E-state index is 6.21. The molecular formula is C65H50BrN3. The van der Waals surface area contributed by atoms with Gasteiger partial charge in [-0.2, -0.15) is 0 Å². The van der Waals surface area contributed by atoms with E-state index in [0.717, 1.165) is 33.5 Å². The van der Waals surface area contributed by atoms with Gasteiger partial charge < -0.3 is 14.9 Å². The van der Waals surface area contributed by atoms with Crippen LogP contribution in [0.5, 0.6) is 0 Å². The lowest BCUT2D eigenvalue weighted by atomic mass is 9.92. The van der Waals surface area contributed by atoms with Gasteiger partial charge in [-0.15, -0.1) is 0 Å². The van der Waals surface area contributed by atoms with Crippen LogP contribution in [-0.4, -0.2) is 9.13 Å². The zero-order chi connectivity index (χ0) is 46.8. The molecule has 12 aromatic rings. The highest BCUT2D eigenvalue weighted by atomic mass is 79.9. The van der Waals surface area contributed by atoms with Crippen molar-refractivity contribution in [1.82, 2.24) is 9.13 Å². The molecule has 0 bridgehead atoms. The summed E-state index contributed by atoms with van der Waals surface area (Å²) in [5.74, 6) is 0. The topological polar surface area (TPSA) is 35.9 Å². The largest absolute Gasteiger partial charge is 0.398 e. The number of aromatic nitrogens is 2. The van der Waals surface area contributed by atoms with Crippen LogP contribution in [-0.2, 0) is 6.42 Å². The Bertz CT molecular complexity index is 3600. The first-order valence-corrected chi connectivity index (χ1v) is 24.1. The number of para-hydroxylation sites is 5. The highest BCUT2D eigenvalue weighted by Crippen LogP contribution is 2.37. The summed E-state index contributed by atoms with van der Waals surface area (Å²) < 4.78 is 5.79. The van der Waals surface area contributed by atoms with Crippen molar-refractivity contribution < 1.29 is 0 Å². The van der Waals surface area contributed by atoms with E-state index in [1.54, 1.807) is 0 Å². The minimum Gasteiger partial charge on any atom is -0.398 e. The van der Waals surface area contributed by atoms with Crippen LogP contribution in [0.3, 0.4) is 0 Å². The predicted molar refractivity (Wildman–Crippen MR) is 296 cm³/mol. The van der Waals surface area contributed by atoms with Crippen LogP contribution in [0.4, 0.5) is 5.69 Å². The van der Waals surface area contributed by atoms with Gasteiger partial charge in [0.05, 0.1) is 22.4 Å². The molecule has 2 aromatic heterocycles. The van der Waals surface area contributed by atoms with Crippen LogP contribution in [0.15, 0.2) is 284 Å². The molecule has 0 fully saturated rings. The van der Waals surface area contributed by atoms with Gasteiger partial charge in [0.2, 0.25) is 0 Å². The minimum atomic E-state index is 0.794. The van der Waals surface area contributed by atoms with Crippen molar-refractivity contribution in [2.24, 2.45) is 0 Å². The predicted octanol–water partition coefficient (Wildman–Crippen LogP) is 17.6. The number of fused-ring (bicyclic) bond motifs is 2. The van der Waals surface area contributed by atoms with E-state index < -0.39 is 0 Å². The molecule has 10 aromatic carbocycles. The third-order valence-corrected chi connectivity index (χ3v) is 13.1. The summed E-state index contributed by atoms with van der Waals surface area (Å²) >= 11 is 3.53. The Morgan fingerprint density at radius 3 is 1.20 bits per heavy atom. The molecule has 12 rings (SSSR count). The second-order valence-electron chi connectivity index (χ2n) is 16.8. The lowest BCUT2D eigenvalue weighted by Crippen LogP contribution is -2.00. The average Bonchev–Trinajstić information content (AvgIpc) is 4.00. The van der Waals surface area contributed by atoms with Crippen molar-refractivity contribution in [3.05, 3.63) is 295 Å². The number of halogens is 1. The average molecular weight is 953 g/mol. The maximum absolute atomic E-state index is 6.21. The Morgan fingerprint density at radius 2 is 0.681 bits per heavy atom. The van der Waals surface area contributed by atoms with E-state index in [4.69, 9.17) is 5.73 Å². The third kappa shape index (κ3) is 9.85. The van der Waals surface area contributed by atoms with Crippen molar-refractivity contribution >= 4 is 43.4 Å². The molecule has 69 heavy (non-hydrogen) atoms. The Labute approximate surface area is 413 Å². The van der Waals surface area contributed by atoms with E-state index in [1.807, 2.05) is 42.5 Å². The van der Waals surface area contributed by atoms with Crippen molar-refractivity contribution in [3.8, 4) is 56.1 Å². The number of nitrogen functional groups attached to an aromatic ring is 1. The standard InChI is InChI=1S/C33H25N.C20H16N2.C12H9Br/c1-3-13-25(14-4-1)30-20-10-7-15-26(30)23-27-16-8-11-21-31(27)33-24-28-17-9-12-22-32(28)34(33)29-18-5-2-6-19-29;21-18-12-6-5-11-17(18)20-14-15-8-4-7-13-19(15)22(20)16-9-2-1-3-10-16;13-12-9-5-4-8-11(12)10-6-2-1-3-7-10/h1-22,24H,23H2;1-14H,21H2;1-9H. The zero-order valence-electron chi connectivity index (χ0n) is 38.1. The lowest BCUT2D eigenvalue weighted by Gasteiger charge is -2.16. The second kappa shape index (κ2) is 21.0. The monoisotopic (exact) mass is 951 g/mol. The summed E-state index contributed by atoms with van der Waals surface area (Å²) in [6.07, 6.45) is 0.873. The lowest BCUT2D eigenvalue weighted by molar-refractivity contribution is 1.12. The number of nitrogens with two attached hydrogens (primary N) is 1. The first-order valence-electron chi connectivity index (χ1n) is 23.3. The van der Waals surface area contributed by atoms with E-state index in [9.17, 15) is 0 Å². The summed E-state index contributed by atoms with van der Waals surface area (Å²) in [5.41, 5.74) is 24.1. The van der Waals surface area contributed by atoms with Crippen molar-refractivity contribution in [1.29, 1.82) is 0 Å². The van der Waals surface area contributed by atoms with Gasteiger partial charge in [-0.25, -0.2) is 0 Å². The molecule has 0 saturated carbocycles. The summed E-state index contributed by atoms with van der Waals surface area (Å²) in [5, 5.41) is 2.46. The molecule has 0 atom stereocenters. The van der Waals surface area contributed by atoms with Gasteiger partial charge in [0.15, 0.2) is 0 Å². The van der Waals surface area contributed by atoms with Gasteiger partial charge in [-0.05, 0) is 100 Å². The molecule has 3 nitrogen and oxygen atoms in total. The molecule has 2 N–H and O–H groups in total. The van der Waals surface area contributed by atoms with Gasteiger partial charge in [-0.1, -0.05) is 234 Å². The third-order valence-electron chi connectivity index (χ3n) is 12.4. The Kier molecular flexibility index (Phi) is 13.5. The van der Waals surface area contributed by atoms with Gasteiger partial charge in [0, 0.05) is 43.4 Å². The molecule has 0 radical (unpaired) electrons. The number of hydrogen-bond acceptors (Lipinski definition) is 1. The molecule has 4 heteroatoms. The summed E-state index contributed by atoms with van der Waals surface area (Å²) in [6.45, 7) is 0. The van der Waals surface area contributed by atoms with Crippen molar-refractivity contribution in [2.75, 3.05) is 5.73 Å². The van der Waals surface area contributed by atoms with E-state index in [-0.39, 0.29) is 0 Å². The number of nitrogens with zero attached hydrogens (tertiary/aromatic N) is 2. The fourth-order valence-electron chi connectivity index (χ4n) is 9.16. The Balaban J connectivity index is 0.000000134. The summed E-state index contributed by atoms with van der Waals surface area (Å²) in [6, 6.07) is 97.5. The highest BCUT2D eigenvalue weighted by Gasteiger charge is 2.17. The molecule has 0 unspecified atom stereocenters. The summed E-state index contributed by atoms with van der Waals surface area (Å²) in [4.78, 5) is 0. The molecule has 0 aliphatic rings. The first-order chi connectivity index (χ1) is 34.1. The SMILES string of the molecule is Brc1ccccc1-c1ccccc1.Nc1ccccc1-c1cc2ccccc2n1-c1ccccc1.c1ccc(-c2ccccc2Cc2ccccc2-c2cc3ccccc3n2-c2ccccc2)cc1. The molecule has 0 spiro atoms. The van der Waals surface area contributed by atoms with Crippen molar-refractivity contribution in [3.63, 3.8) is 0 Å². The molecule has 0 aliphatic heterocycles. The normalized spacial score (nSPS) is 10.8. The van der Waals surface area contributed by atoms with Gasteiger partial charge in [0.25, 0.3) is 0 Å². The fraction of sp³-hybridized carbons (Fsp3) is 0.0154. The van der Waals surface area contributed by atoms with Crippen LogP contribution in [0.2, 0.25) is 0 Å². The van der Waals surface area contributed by atoms with Gasteiger partial charge >= 0.3 is 0 Å². The van der Waals surface area contributed by atoms with Crippen molar-refractivity contribution in [2.45, 2.75) is 6.42 Å². The smallest absolute Gasteiger partial charge is 0.0561 e. The van der Waals surface area contributed by atoms with Crippen LogP contribution in [0.25, 0.3) is 77.9 Å². The second-order valence-corrected chi connectivity index (χ2v) is 17.7. The fourth-order valence-corrected chi connectivity index (χ4v) is 9.68. The molecule has 0 amide bonds. The van der Waals surface area contributed by atoms with E-state index >= 15 is 0 Å². The molecule has 0 saturated heterocycles. The number of hydrogen-bond donors (Lipinski definition) is 1. The van der Waals surface area contributed by atoms with Crippen LogP contribution >= 0.6 is 15.9 Å². The van der Waals surface area contributed by atoms with Gasteiger partial charge in [-0.3, -0.25) is 0 Å². The minimum absolute atomic E-state index is 0.794. The quantitative estimate of drug-likeness (QED) is 0.151. The van der Waals surface area contributed by atoms with E-state index in [1.165, 1.54) is 72.1 Å². The van der Waals surface area contributed by atoms with Crippen LogP contribution in [0, 0.1) is 0 Å². The van der Waals surface area contributed by atoms with E-state index in [2.05, 4.69) is 262 Å². The van der Waals surface area contributed by atoms with E-state index in [0.29, 0.717) is 0 Å².